The van der Waals surface area contributed by atoms with Gasteiger partial charge in [-0.1, -0.05) is 27.7 Å². The van der Waals surface area contributed by atoms with Gasteiger partial charge in [0, 0.05) is 7.11 Å². The Morgan fingerprint density at radius 3 is 2.08 bits per heavy atom. The molecule has 0 radical (unpaired) electrons. The largest absolute Gasteiger partial charge is 0.382 e. The smallest absolute Gasteiger partial charge is 0.0704 e. The van der Waals surface area contributed by atoms with Gasteiger partial charge in [0.2, 0.25) is 0 Å². The van der Waals surface area contributed by atoms with Crippen molar-refractivity contribution in [1.82, 2.24) is 0 Å². The van der Waals surface area contributed by atoms with Crippen molar-refractivity contribution < 1.29 is 9.47 Å². The highest BCUT2D eigenvalue weighted by Gasteiger charge is 2.22. The van der Waals surface area contributed by atoms with Crippen molar-refractivity contribution in [3.63, 3.8) is 0 Å². The van der Waals surface area contributed by atoms with E-state index in [1.165, 1.54) is 0 Å². The summed E-state index contributed by atoms with van der Waals surface area (Å²) >= 11 is 0. The first kappa shape index (κ1) is 11.9. The van der Waals surface area contributed by atoms with Gasteiger partial charge in [-0.25, -0.2) is 0 Å². The van der Waals surface area contributed by atoms with E-state index in [0.717, 1.165) is 6.42 Å². The summed E-state index contributed by atoms with van der Waals surface area (Å²) in [5.74, 6) is 0. The number of hydrogen-bond acceptors (Lipinski definition) is 2. The van der Waals surface area contributed by atoms with Gasteiger partial charge in [-0.3, -0.25) is 0 Å². The molecule has 0 unspecified atom stereocenters. The highest BCUT2D eigenvalue weighted by Crippen LogP contribution is 2.24. The zero-order valence-electron chi connectivity index (χ0n) is 9.02. The summed E-state index contributed by atoms with van der Waals surface area (Å²) in [5.41, 5.74) is 0.239. The second kappa shape index (κ2) is 5.55. The summed E-state index contributed by atoms with van der Waals surface area (Å²) in [6, 6.07) is 0. The summed E-state index contributed by atoms with van der Waals surface area (Å²) < 4.78 is 10.6. The average Bonchev–Trinajstić information content (AvgIpc) is 1.95. The van der Waals surface area contributed by atoms with Gasteiger partial charge in [-0.05, 0) is 11.8 Å². The van der Waals surface area contributed by atoms with Gasteiger partial charge in [-0.15, -0.1) is 0 Å². The van der Waals surface area contributed by atoms with E-state index in [9.17, 15) is 0 Å². The molecule has 1 atom stereocenters. The molecule has 0 saturated carbocycles. The minimum Gasteiger partial charge on any atom is -0.382 e. The molecule has 0 aromatic heterocycles. The number of ether oxygens (including phenoxy) is 2. The maximum Gasteiger partial charge on any atom is 0.0704 e. The molecule has 0 amide bonds. The fraction of sp³-hybridized carbons (Fsp3) is 1.00. The standard InChI is InChI=1S/C10H22O2/c1-6-9(10(2,3)4)12-8-7-11-5/h9H,6-8H2,1-5H3/t9-/m1/s1. The summed E-state index contributed by atoms with van der Waals surface area (Å²) in [6.07, 6.45) is 1.40. The van der Waals surface area contributed by atoms with Crippen LogP contribution in [0.1, 0.15) is 34.1 Å². The fourth-order valence-corrected chi connectivity index (χ4v) is 1.25. The van der Waals surface area contributed by atoms with Crippen molar-refractivity contribution in [3.8, 4) is 0 Å². The van der Waals surface area contributed by atoms with Gasteiger partial charge in [0.15, 0.2) is 0 Å². The minimum atomic E-state index is 0.239. The number of rotatable bonds is 5. The Balaban J connectivity index is 3.68. The van der Waals surface area contributed by atoms with Gasteiger partial charge < -0.3 is 9.47 Å². The molecule has 0 rings (SSSR count). The van der Waals surface area contributed by atoms with Crippen LogP contribution in [0.5, 0.6) is 0 Å². The SMILES string of the molecule is CC[C@@H](OCCOC)C(C)(C)C. The van der Waals surface area contributed by atoms with Crippen molar-refractivity contribution in [1.29, 1.82) is 0 Å². The third-order valence-corrected chi connectivity index (χ3v) is 1.94. The Hall–Kier alpha value is -0.0800. The lowest BCUT2D eigenvalue weighted by Gasteiger charge is -2.29. The average molecular weight is 174 g/mol. The van der Waals surface area contributed by atoms with Gasteiger partial charge >= 0.3 is 0 Å². The van der Waals surface area contributed by atoms with Crippen molar-refractivity contribution in [2.75, 3.05) is 20.3 Å². The molecule has 0 N–H and O–H groups in total. The fourth-order valence-electron chi connectivity index (χ4n) is 1.25. The van der Waals surface area contributed by atoms with Crippen LogP contribution in [0.3, 0.4) is 0 Å². The first-order valence-corrected chi connectivity index (χ1v) is 4.63. The summed E-state index contributed by atoms with van der Waals surface area (Å²) in [4.78, 5) is 0. The molecule has 0 aliphatic rings. The summed E-state index contributed by atoms with van der Waals surface area (Å²) in [6.45, 7) is 10.2. The normalized spacial score (nSPS) is 14.8. The van der Waals surface area contributed by atoms with Gasteiger partial charge in [0.25, 0.3) is 0 Å². The van der Waals surface area contributed by atoms with E-state index < -0.39 is 0 Å². The Labute approximate surface area is 76.3 Å². The zero-order chi connectivity index (χ0) is 9.61. The predicted molar refractivity (Wildman–Crippen MR) is 51.4 cm³/mol. The molecule has 0 fully saturated rings. The van der Waals surface area contributed by atoms with Crippen LogP contribution in [-0.4, -0.2) is 26.4 Å². The quantitative estimate of drug-likeness (QED) is 0.596. The molecule has 0 bridgehead atoms. The molecule has 74 valence electrons. The number of methoxy groups -OCH3 is 1. The molecule has 0 saturated heterocycles. The van der Waals surface area contributed by atoms with Crippen LogP contribution in [0.25, 0.3) is 0 Å². The molecular formula is C10H22O2. The Kier molecular flexibility index (Phi) is 5.51. The molecule has 0 spiro atoms. The van der Waals surface area contributed by atoms with E-state index in [4.69, 9.17) is 9.47 Å². The van der Waals surface area contributed by atoms with Crippen molar-refractivity contribution in [3.05, 3.63) is 0 Å². The maximum atomic E-state index is 5.67. The predicted octanol–water partition coefficient (Wildman–Crippen LogP) is 2.47. The van der Waals surface area contributed by atoms with Crippen molar-refractivity contribution >= 4 is 0 Å². The second-order valence-corrected chi connectivity index (χ2v) is 4.13. The third kappa shape index (κ3) is 4.73. The van der Waals surface area contributed by atoms with E-state index >= 15 is 0 Å². The van der Waals surface area contributed by atoms with Gasteiger partial charge in [0.05, 0.1) is 19.3 Å². The first-order chi connectivity index (χ1) is 5.52. The van der Waals surface area contributed by atoms with E-state index in [1.54, 1.807) is 7.11 Å². The molecule has 0 heterocycles. The topological polar surface area (TPSA) is 18.5 Å². The van der Waals surface area contributed by atoms with Crippen LogP contribution in [-0.2, 0) is 9.47 Å². The molecule has 12 heavy (non-hydrogen) atoms. The zero-order valence-corrected chi connectivity index (χ0v) is 9.02. The Morgan fingerprint density at radius 1 is 1.17 bits per heavy atom. The summed E-state index contributed by atoms with van der Waals surface area (Å²) in [7, 11) is 1.70. The third-order valence-electron chi connectivity index (χ3n) is 1.94. The monoisotopic (exact) mass is 174 g/mol. The lowest BCUT2D eigenvalue weighted by molar-refractivity contribution is -0.0386. The molecular weight excluding hydrogens is 152 g/mol. The summed E-state index contributed by atoms with van der Waals surface area (Å²) in [5, 5.41) is 0. The molecule has 0 aromatic rings. The van der Waals surface area contributed by atoms with Crippen LogP contribution in [0.2, 0.25) is 0 Å². The van der Waals surface area contributed by atoms with Crippen LogP contribution in [0, 0.1) is 5.41 Å². The highest BCUT2D eigenvalue weighted by molar-refractivity contribution is 4.72. The van der Waals surface area contributed by atoms with E-state index in [-0.39, 0.29) is 5.41 Å². The lowest BCUT2D eigenvalue weighted by Crippen LogP contribution is -2.29. The molecule has 0 aromatic carbocycles. The molecule has 0 aliphatic heterocycles. The Morgan fingerprint density at radius 2 is 1.75 bits per heavy atom. The van der Waals surface area contributed by atoms with Gasteiger partial charge in [-0.2, -0.15) is 0 Å². The van der Waals surface area contributed by atoms with E-state index in [1.807, 2.05) is 0 Å². The van der Waals surface area contributed by atoms with E-state index in [2.05, 4.69) is 27.7 Å². The van der Waals surface area contributed by atoms with E-state index in [0.29, 0.717) is 19.3 Å². The molecule has 0 aliphatic carbocycles. The van der Waals surface area contributed by atoms with Crippen LogP contribution in [0.4, 0.5) is 0 Å². The van der Waals surface area contributed by atoms with Crippen molar-refractivity contribution in [2.45, 2.75) is 40.2 Å². The minimum absolute atomic E-state index is 0.239. The number of hydrogen-bond donors (Lipinski definition) is 0. The molecule has 2 nitrogen and oxygen atoms in total. The van der Waals surface area contributed by atoms with Crippen LogP contribution < -0.4 is 0 Å². The highest BCUT2D eigenvalue weighted by atomic mass is 16.5. The van der Waals surface area contributed by atoms with Crippen molar-refractivity contribution in [2.24, 2.45) is 5.41 Å². The van der Waals surface area contributed by atoms with Crippen LogP contribution >= 0.6 is 0 Å². The Bertz CT molecular complexity index is 105. The van der Waals surface area contributed by atoms with Crippen LogP contribution in [0.15, 0.2) is 0 Å². The second-order valence-electron chi connectivity index (χ2n) is 4.13. The maximum absolute atomic E-state index is 5.67. The molecule has 2 heteroatoms. The lowest BCUT2D eigenvalue weighted by atomic mass is 9.87. The first-order valence-electron chi connectivity index (χ1n) is 4.63. The van der Waals surface area contributed by atoms with Gasteiger partial charge in [0.1, 0.15) is 0 Å².